The summed E-state index contributed by atoms with van der Waals surface area (Å²) in [7, 11) is 0. The van der Waals surface area contributed by atoms with Gasteiger partial charge in [0.15, 0.2) is 0 Å². The molecule has 0 aromatic heterocycles. The van der Waals surface area contributed by atoms with Gasteiger partial charge in [0.2, 0.25) is 0 Å². The molecule has 0 aromatic rings. The van der Waals surface area contributed by atoms with Crippen molar-refractivity contribution in [2.45, 2.75) is 46.0 Å². The Morgan fingerprint density at radius 1 is 1.43 bits per heavy atom. The van der Waals surface area contributed by atoms with Crippen molar-refractivity contribution in [3.05, 3.63) is 0 Å². The van der Waals surface area contributed by atoms with Crippen molar-refractivity contribution in [1.29, 1.82) is 0 Å². The molecule has 0 aliphatic heterocycles. The summed E-state index contributed by atoms with van der Waals surface area (Å²) in [6.45, 7) is 4.17. The molecule has 14 heavy (non-hydrogen) atoms. The predicted octanol–water partition coefficient (Wildman–Crippen LogP) is 2.92. The third-order valence-corrected chi connectivity index (χ3v) is 4.43. The lowest BCUT2D eigenvalue weighted by Crippen LogP contribution is -2.36. The molecular formula is C12H20O2. The summed E-state index contributed by atoms with van der Waals surface area (Å²) in [5.74, 6) is 0.394. The maximum Gasteiger partial charge on any atom is 0.306 e. The van der Waals surface area contributed by atoms with Crippen LogP contribution in [0.25, 0.3) is 0 Å². The molecule has 2 saturated carbocycles. The molecule has 1 N–H and O–H groups in total. The Morgan fingerprint density at radius 3 is 2.29 bits per heavy atom. The predicted molar refractivity (Wildman–Crippen MR) is 55.0 cm³/mol. The zero-order valence-electron chi connectivity index (χ0n) is 9.12. The van der Waals surface area contributed by atoms with E-state index in [0.29, 0.717) is 17.3 Å². The van der Waals surface area contributed by atoms with E-state index in [0.717, 1.165) is 0 Å². The molecule has 2 atom stereocenters. The molecule has 0 amide bonds. The van der Waals surface area contributed by atoms with Crippen molar-refractivity contribution in [2.24, 2.45) is 23.2 Å². The minimum atomic E-state index is -0.602. The molecule has 0 heterocycles. The highest BCUT2D eigenvalue weighted by Gasteiger charge is 2.52. The van der Waals surface area contributed by atoms with Crippen LogP contribution < -0.4 is 0 Å². The number of carboxylic acids is 1. The van der Waals surface area contributed by atoms with Crippen LogP contribution in [0.2, 0.25) is 0 Å². The maximum atomic E-state index is 11.1. The van der Waals surface area contributed by atoms with Gasteiger partial charge in [-0.3, -0.25) is 4.79 Å². The molecule has 0 saturated heterocycles. The Bertz CT molecular complexity index is 239. The molecule has 2 heteroatoms. The van der Waals surface area contributed by atoms with Crippen LogP contribution in [0.3, 0.4) is 0 Å². The van der Waals surface area contributed by atoms with E-state index in [1.165, 1.54) is 32.1 Å². The van der Waals surface area contributed by atoms with E-state index in [4.69, 9.17) is 5.11 Å². The van der Waals surface area contributed by atoms with Gasteiger partial charge in [0.1, 0.15) is 0 Å². The zero-order valence-corrected chi connectivity index (χ0v) is 9.12. The van der Waals surface area contributed by atoms with Crippen LogP contribution in [-0.2, 0) is 4.79 Å². The zero-order chi connectivity index (χ0) is 10.3. The summed E-state index contributed by atoms with van der Waals surface area (Å²) in [5.41, 5.74) is 0.364. The van der Waals surface area contributed by atoms with Gasteiger partial charge in [-0.25, -0.2) is 0 Å². The standard InChI is InChI=1S/C12H20O2/c1-8(11(13)14)10(9-4-3-5-9)12(2)6-7-12/h8-10H,3-7H2,1-2H3,(H,13,14)/t8-,10?/m0/s1. The van der Waals surface area contributed by atoms with Crippen LogP contribution in [-0.4, -0.2) is 11.1 Å². The van der Waals surface area contributed by atoms with Crippen molar-refractivity contribution >= 4 is 5.97 Å². The Labute approximate surface area is 85.7 Å². The van der Waals surface area contributed by atoms with E-state index in [-0.39, 0.29) is 5.92 Å². The topological polar surface area (TPSA) is 37.3 Å². The van der Waals surface area contributed by atoms with Gasteiger partial charge in [-0.2, -0.15) is 0 Å². The Kier molecular flexibility index (Phi) is 2.32. The molecule has 0 bridgehead atoms. The number of carboxylic acid groups (broad SMARTS) is 1. The minimum Gasteiger partial charge on any atom is -0.481 e. The first kappa shape index (κ1) is 10.0. The molecule has 1 unspecified atom stereocenters. The van der Waals surface area contributed by atoms with Crippen LogP contribution in [0.1, 0.15) is 46.0 Å². The van der Waals surface area contributed by atoms with Crippen LogP contribution in [0.15, 0.2) is 0 Å². The average molecular weight is 196 g/mol. The number of hydrogen-bond acceptors (Lipinski definition) is 1. The maximum absolute atomic E-state index is 11.1. The summed E-state index contributed by atoms with van der Waals surface area (Å²) in [6.07, 6.45) is 6.32. The number of carbonyl (C=O) groups is 1. The highest BCUT2D eigenvalue weighted by atomic mass is 16.4. The van der Waals surface area contributed by atoms with Gasteiger partial charge in [0, 0.05) is 0 Å². The Hall–Kier alpha value is -0.530. The second-order valence-electron chi connectivity index (χ2n) is 5.50. The van der Waals surface area contributed by atoms with E-state index in [2.05, 4.69) is 6.92 Å². The van der Waals surface area contributed by atoms with Crippen molar-refractivity contribution in [3.63, 3.8) is 0 Å². The second kappa shape index (κ2) is 3.25. The smallest absolute Gasteiger partial charge is 0.306 e. The summed E-state index contributed by atoms with van der Waals surface area (Å²) < 4.78 is 0. The van der Waals surface area contributed by atoms with Crippen LogP contribution >= 0.6 is 0 Å². The van der Waals surface area contributed by atoms with Crippen molar-refractivity contribution in [1.82, 2.24) is 0 Å². The minimum absolute atomic E-state index is 0.146. The molecule has 2 fully saturated rings. The second-order valence-corrected chi connectivity index (χ2v) is 5.50. The lowest BCUT2D eigenvalue weighted by atomic mass is 9.65. The van der Waals surface area contributed by atoms with Crippen molar-refractivity contribution in [2.75, 3.05) is 0 Å². The Balaban J connectivity index is 2.09. The van der Waals surface area contributed by atoms with E-state index < -0.39 is 5.97 Å². The third-order valence-electron chi connectivity index (χ3n) is 4.43. The first-order valence-electron chi connectivity index (χ1n) is 5.77. The van der Waals surface area contributed by atoms with Crippen LogP contribution in [0, 0.1) is 23.2 Å². The van der Waals surface area contributed by atoms with Gasteiger partial charge < -0.3 is 5.11 Å². The molecular weight excluding hydrogens is 176 g/mol. The third kappa shape index (κ3) is 1.55. The molecule has 2 nitrogen and oxygen atoms in total. The lowest BCUT2D eigenvalue weighted by Gasteiger charge is -2.40. The molecule has 80 valence electrons. The fraction of sp³-hybridized carbons (Fsp3) is 0.917. The monoisotopic (exact) mass is 196 g/mol. The number of hydrogen-bond donors (Lipinski definition) is 1. The van der Waals surface area contributed by atoms with Gasteiger partial charge in [0.25, 0.3) is 0 Å². The summed E-state index contributed by atoms with van der Waals surface area (Å²) in [4.78, 5) is 11.1. The van der Waals surface area contributed by atoms with E-state index >= 15 is 0 Å². The quantitative estimate of drug-likeness (QED) is 0.750. The van der Waals surface area contributed by atoms with Gasteiger partial charge >= 0.3 is 5.97 Å². The summed E-state index contributed by atoms with van der Waals surface area (Å²) in [6, 6.07) is 0. The molecule has 2 rings (SSSR count). The molecule has 0 radical (unpaired) electrons. The first-order valence-corrected chi connectivity index (χ1v) is 5.77. The van der Waals surface area contributed by atoms with Gasteiger partial charge in [-0.15, -0.1) is 0 Å². The first-order chi connectivity index (χ1) is 6.54. The number of rotatable bonds is 4. The largest absolute Gasteiger partial charge is 0.481 e. The SMILES string of the molecule is C[C@H](C(=O)O)C(C1CCC1)C1(C)CC1. The normalized spacial score (nSPS) is 29.0. The van der Waals surface area contributed by atoms with Gasteiger partial charge in [-0.1, -0.05) is 33.1 Å². The Morgan fingerprint density at radius 2 is 2.00 bits per heavy atom. The van der Waals surface area contributed by atoms with E-state index in [9.17, 15) is 4.79 Å². The summed E-state index contributed by atoms with van der Waals surface area (Å²) in [5, 5.41) is 9.11. The summed E-state index contributed by atoms with van der Waals surface area (Å²) >= 11 is 0. The highest BCUT2D eigenvalue weighted by molar-refractivity contribution is 5.70. The molecule has 0 aromatic carbocycles. The van der Waals surface area contributed by atoms with E-state index in [1.54, 1.807) is 0 Å². The average Bonchev–Trinajstić information content (AvgIpc) is 2.75. The van der Waals surface area contributed by atoms with E-state index in [1.807, 2.05) is 6.92 Å². The fourth-order valence-corrected chi connectivity index (χ4v) is 3.06. The van der Waals surface area contributed by atoms with Crippen LogP contribution in [0.5, 0.6) is 0 Å². The highest BCUT2D eigenvalue weighted by Crippen LogP contribution is 2.59. The fourth-order valence-electron chi connectivity index (χ4n) is 3.06. The molecule has 0 spiro atoms. The number of aliphatic carboxylic acids is 1. The lowest BCUT2D eigenvalue weighted by molar-refractivity contribution is -0.145. The van der Waals surface area contributed by atoms with Crippen LogP contribution in [0.4, 0.5) is 0 Å². The van der Waals surface area contributed by atoms with Gasteiger partial charge in [-0.05, 0) is 30.1 Å². The van der Waals surface area contributed by atoms with Crippen molar-refractivity contribution in [3.8, 4) is 0 Å². The molecule has 2 aliphatic carbocycles. The van der Waals surface area contributed by atoms with Gasteiger partial charge in [0.05, 0.1) is 5.92 Å². The molecule has 2 aliphatic rings. The van der Waals surface area contributed by atoms with Crippen molar-refractivity contribution < 1.29 is 9.90 Å².